The monoisotopic (exact) mass is 268 g/mol. The van der Waals surface area contributed by atoms with Crippen molar-refractivity contribution in [3.05, 3.63) is 54.6 Å². The Kier molecular flexibility index (Phi) is 1.94. The molecule has 0 amide bonds. The van der Waals surface area contributed by atoms with Crippen molar-refractivity contribution in [1.82, 2.24) is 0 Å². The van der Waals surface area contributed by atoms with Gasteiger partial charge in [0.25, 0.3) is 0 Å². The molecule has 0 N–H and O–H groups in total. The first-order chi connectivity index (χ1) is 10.3. The van der Waals surface area contributed by atoms with E-state index in [0.29, 0.717) is 5.46 Å². The van der Waals surface area contributed by atoms with E-state index in [0.717, 1.165) is 43.9 Å². The van der Waals surface area contributed by atoms with E-state index in [4.69, 9.17) is 16.7 Å². The highest BCUT2D eigenvalue weighted by Crippen LogP contribution is 2.38. The van der Waals surface area contributed by atoms with E-state index < -0.39 is 0 Å². The van der Waals surface area contributed by atoms with E-state index in [2.05, 4.69) is 6.07 Å². The van der Waals surface area contributed by atoms with Crippen molar-refractivity contribution in [2.24, 2.45) is 0 Å². The minimum absolute atomic E-state index is 0.657. The molecule has 0 fully saturated rings. The Labute approximate surface area is 121 Å². The third-order valence-electron chi connectivity index (χ3n) is 4.04. The number of rotatable bonds is 0. The van der Waals surface area contributed by atoms with Gasteiger partial charge in [-0.15, -0.1) is 0 Å². The van der Waals surface area contributed by atoms with E-state index in [1.54, 1.807) is 0 Å². The summed E-state index contributed by atoms with van der Waals surface area (Å²) in [7, 11) is 6.03. The third-order valence-corrected chi connectivity index (χ3v) is 4.04. The minimum atomic E-state index is 0.657. The van der Waals surface area contributed by atoms with Crippen molar-refractivity contribution in [2.75, 3.05) is 0 Å². The SMILES string of the molecule is [B]c1cccc2c1oc1c2ccc2oc3ccccc3c21. The molecule has 0 saturated heterocycles. The quantitative estimate of drug-likeness (QED) is 0.392. The minimum Gasteiger partial charge on any atom is -0.456 e. The number of hydrogen-bond donors (Lipinski definition) is 0. The fraction of sp³-hybridized carbons (Fsp3) is 0. The standard InChI is InChI=1S/C18H9BO2/c19-13-6-3-5-10-11-8-9-15-16(18(11)21-17(10)13)12-4-1-2-7-14(12)20-15/h1-9H. The molecule has 21 heavy (non-hydrogen) atoms. The molecule has 0 unspecified atom stereocenters. The van der Waals surface area contributed by atoms with Crippen LogP contribution in [0.5, 0.6) is 0 Å². The number of benzene rings is 3. The lowest BCUT2D eigenvalue weighted by atomic mass is 9.94. The van der Waals surface area contributed by atoms with Crippen LogP contribution in [0.25, 0.3) is 43.9 Å². The molecule has 0 bridgehead atoms. The van der Waals surface area contributed by atoms with Gasteiger partial charge in [0.05, 0.1) is 5.39 Å². The summed E-state index contributed by atoms with van der Waals surface area (Å²) in [5.74, 6) is 0. The summed E-state index contributed by atoms with van der Waals surface area (Å²) >= 11 is 0. The van der Waals surface area contributed by atoms with Gasteiger partial charge in [0.1, 0.15) is 30.2 Å². The topological polar surface area (TPSA) is 26.3 Å². The van der Waals surface area contributed by atoms with Crippen molar-refractivity contribution < 1.29 is 8.83 Å². The van der Waals surface area contributed by atoms with Gasteiger partial charge in [0.15, 0.2) is 0 Å². The maximum absolute atomic E-state index is 6.08. The molecule has 0 spiro atoms. The molecule has 0 aliphatic heterocycles. The van der Waals surface area contributed by atoms with Crippen LogP contribution in [0.4, 0.5) is 0 Å². The molecule has 3 aromatic carbocycles. The summed E-state index contributed by atoms with van der Waals surface area (Å²) in [5, 5.41) is 4.18. The van der Waals surface area contributed by atoms with Crippen molar-refractivity contribution in [2.45, 2.75) is 0 Å². The second-order valence-electron chi connectivity index (χ2n) is 5.24. The molecule has 2 nitrogen and oxygen atoms in total. The van der Waals surface area contributed by atoms with Crippen LogP contribution < -0.4 is 5.46 Å². The maximum Gasteiger partial charge on any atom is 0.147 e. The maximum atomic E-state index is 6.08. The normalized spacial score (nSPS) is 12.0. The molecular weight excluding hydrogens is 259 g/mol. The highest BCUT2D eigenvalue weighted by atomic mass is 16.3. The lowest BCUT2D eigenvalue weighted by Crippen LogP contribution is -2.00. The van der Waals surface area contributed by atoms with Crippen LogP contribution in [0.1, 0.15) is 0 Å². The number of furan rings is 2. The first-order valence-electron chi connectivity index (χ1n) is 6.84. The molecule has 0 saturated carbocycles. The Hall–Kier alpha value is -2.68. The fourth-order valence-corrected chi connectivity index (χ4v) is 3.09. The molecule has 96 valence electrons. The Morgan fingerprint density at radius 1 is 0.619 bits per heavy atom. The second kappa shape index (κ2) is 3.70. The predicted molar refractivity (Wildman–Crippen MR) is 86.4 cm³/mol. The Bertz CT molecular complexity index is 1150. The summed E-state index contributed by atoms with van der Waals surface area (Å²) in [6.45, 7) is 0. The Morgan fingerprint density at radius 2 is 1.43 bits per heavy atom. The molecule has 5 aromatic rings. The van der Waals surface area contributed by atoms with Gasteiger partial charge in [0, 0.05) is 16.2 Å². The largest absolute Gasteiger partial charge is 0.456 e. The van der Waals surface area contributed by atoms with E-state index in [1.165, 1.54) is 0 Å². The predicted octanol–water partition coefficient (Wildman–Crippen LogP) is 4.28. The van der Waals surface area contributed by atoms with Gasteiger partial charge in [-0.25, -0.2) is 0 Å². The fourth-order valence-electron chi connectivity index (χ4n) is 3.09. The van der Waals surface area contributed by atoms with Crippen LogP contribution in [0.2, 0.25) is 0 Å². The zero-order chi connectivity index (χ0) is 14.0. The highest BCUT2D eigenvalue weighted by Gasteiger charge is 2.15. The smallest absolute Gasteiger partial charge is 0.147 e. The van der Waals surface area contributed by atoms with Gasteiger partial charge in [-0.1, -0.05) is 41.9 Å². The zero-order valence-electron chi connectivity index (χ0n) is 11.1. The molecule has 2 heterocycles. The van der Waals surface area contributed by atoms with Crippen molar-refractivity contribution in [3.63, 3.8) is 0 Å². The zero-order valence-corrected chi connectivity index (χ0v) is 11.1. The molecule has 2 aromatic heterocycles. The summed E-state index contributed by atoms with van der Waals surface area (Å²) < 4.78 is 12.0. The summed E-state index contributed by atoms with van der Waals surface area (Å²) in [6.07, 6.45) is 0. The van der Waals surface area contributed by atoms with Gasteiger partial charge in [0.2, 0.25) is 0 Å². The van der Waals surface area contributed by atoms with Crippen LogP contribution in [-0.4, -0.2) is 7.85 Å². The van der Waals surface area contributed by atoms with Crippen LogP contribution in [-0.2, 0) is 0 Å². The number of para-hydroxylation sites is 2. The van der Waals surface area contributed by atoms with Crippen LogP contribution in [0.15, 0.2) is 63.4 Å². The molecule has 3 heteroatoms. The van der Waals surface area contributed by atoms with Gasteiger partial charge in [-0.3, -0.25) is 0 Å². The molecular formula is C18H9BO2. The van der Waals surface area contributed by atoms with Crippen LogP contribution >= 0.6 is 0 Å². The first-order valence-corrected chi connectivity index (χ1v) is 6.84. The average Bonchev–Trinajstić information content (AvgIpc) is 3.05. The second-order valence-corrected chi connectivity index (χ2v) is 5.24. The van der Waals surface area contributed by atoms with Gasteiger partial charge in [-0.2, -0.15) is 0 Å². The highest BCUT2D eigenvalue weighted by molar-refractivity contribution is 6.39. The van der Waals surface area contributed by atoms with E-state index in [1.807, 2.05) is 48.5 Å². The molecule has 0 aliphatic rings. The van der Waals surface area contributed by atoms with Gasteiger partial charge >= 0.3 is 0 Å². The van der Waals surface area contributed by atoms with Gasteiger partial charge < -0.3 is 8.83 Å². The average molecular weight is 268 g/mol. The van der Waals surface area contributed by atoms with E-state index in [9.17, 15) is 0 Å². The summed E-state index contributed by atoms with van der Waals surface area (Å²) in [5.41, 5.74) is 3.94. The molecule has 5 rings (SSSR count). The lowest BCUT2D eigenvalue weighted by Gasteiger charge is -1.92. The van der Waals surface area contributed by atoms with E-state index >= 15 is 0 Å². The van der Waals surface area contributed by atoms with Crippen molar-refractivity contribution in [1.29, 1.82) is 0 Å². The molecule has 2 radical (unpaired) electrons. The first kappa shape index (κ1) is 11.0. The van der Waals surface area contributed by atoms with Crippen LogP contribution in [0.3, 0.4) is 0 Å². The van der Waals surface area contributed by atoms with Crippen LogP contribution in [0, 0.1) is 0 Å². The lowest BCUT2D eigenvalue weighted by molar-refractivity contribution is 0.663. The van der Waals surface area contributed by atoms with Crippen molar-refractivity contribution in [3.8, 4) is 0 Å². The Morgan fingerprint density at radius 3 is 2.38 bits per heavy atom. The number of hydrogen-bond acceptors (Lipinski definition) is 2. The summed E-state index contributed by atoms with van der Waals surface area (Å²) in [4.78, 5) is 0. The third kappa shape index (κ3) is 1.33. The van der Waals surface area contributed by atoms with E-state index in [-0.39, 0.29) is 0 Å². The van der Waals surface area contributed by atoms with Crippen molar-refractivity contribution >= 4 is 57.2 Å². The molecule has 0 aliphatic carbocycles. The molecule has 0 atom stereocenters. The number of fused-ring (bicyclic) bond motifs is 7. The summed E-state index contributed by atoms with van der Waals surface area (Å²) in [6, 6.07) is 17.9. The Balaban J connectivity index is 2.13. The van der Waals surface area contributed by atoms with Gasteiger partial charge in [-0.05, 0) is 18.2 Å².